The van der Waals surface area contributed by atoms with Crippen LogP contribution in [0.2, 0.25) is 0 Å². The molecule has 0 radical (unpaired) electrons. The van der Waals surface area contributed by atoms with Gasteiger partial charge in [0, 0.05) is 13.0 Å². The maximum atomic E-state index is 12.5. The highest BCUT2D eigenvalue weighted by Gasteiger charge is 2.35. The Morgan fingerprint density at radius 2 is 2.16 bits per heavy atom. The summed E-state index contributed by atoms with van der Waals surface area (Å²) in [6.07, 6.45) is -4.14. The number of amides is 1. The molecule has 0 aliphatic carbocycles. The third kappa shape index (κ3) is 2.70. The predicted molar refractivity (Wildman–Crippen MR) is 63.5 cm³/mol. The molecular formula is C12H14F3N3O. The van der Waals surface area contributed by atoms with E-state index in [2.05, 4.69) is 4.98 Å². The van der Waals surface area contributed by atoms with Crippen LogP contribution in [-0.4, -0.2) is 24.0 Å². The van der Waals surface area contributed by atoms with E-state index in [0.29, 0.717) is 25.2 Å². The summed E-state index contributed by atoms with van der Waals surface area (Å²) in [5.41, 5.74) is 5.18. The van der Waals surface area contributed by atoms with Gasteiger partial charge in [0.25, 0.3) is 0 Å². The summed E-state index contributed by atoms with van der Waals surface area (Å²) in [5, 5.41) is 0. The Labute approximate surface area is 108 Å². The minimum absolute atomic E-state index is 0.0502. The third-order valence-electron chi connectivity index (χ3n) is 3.18. The number of rotatable bonds is 2. The van der Waals surface area contributed by atoms with Crippen LogP contribution in [0, 0.1) is 12.8 Å². The Morgan fingerprint density at radius 3 is 2.63 bits per heavy atom. The van der Waals surface area contributed by atoms with Gasteiger partial charge in [-0.25, -0.2) is 4.98 Å². The summed E-state index contributed by atoms with van der Waals surface area (Å²) in [6, 6.07) is 2.19. The number of alkyl halides is 3. The van der Waals surface area contributed by atoms with Crippen molar-refractivity contribution in [3.63, 3.8) is 0 Å². The van der Waals surface area contributed by atoms with E-state index in [-0.39, 0.29) is 17.5 Å². The van der Waals surface area contributed by atoms with Gasteiger partial charge in [-0.1, -0.05) is 0 Å². The molecule has 2 N–H and O–H groups in total. The number of pyridine rings is 1. The summed E-state index contributed by atoms with van der Waals surface area (Å²) in [4.78, 5) is 16.8. The molecule has 19 heavy (non-hydrogen) atoms. The molecule has 7 heteroatoms. The normalized spacial score (nSPS) is 20.2. The van der Waals surface area contributed by atoms with Crippen molar-refractivity contribution in [2.24, 2.45) is 11.7 Å². The van der Waals surface area contributed by atoms with Crippen LogP contribution in [0.5, 0.6) is 0 Å². The zero-order valence-electron chi connectivity index (χ0n) is 10.4. The van der Waals surface area contributed by atoms with Crippen LogP contribution in [-0.2, 0) is 11.0 Å². The molecule has 2 rings (SSSR count). The van der Waals surface area contributed by atoms with Gasteiger partial charge in [0.15, 0.2) is 0 Å². The molecular weight excluding hydrogens is 259 g/mol. The molecule has 0 aromatic carbocycles. The molecule has 1 fully saturated rings. The van der Waals surface area contributed by atoms with Crippen molar-refractivity contribution in [2.45, 2.75) is 19.5 Å². The first-order valence-corrected chi connectivity index (χ1v) is 5.88. The largest absolute Gasteiger partial charge is 0.433 e. The minimum Gasteiger partial charge on any atom is -0.330 e. The topological polar surface area (TPSA) is 59.2 Å². The van der Waals surface area contributed by atoms with Crippen LogP contribution in [0.1, 0.15) is 17.8 Å². The average molecular weight is 273 g/mol. The second-order valence-electron chi connectivity index (χ2n) is 4.61. The van der Waals surface area contributed by atoms with E-state index < -0.39 is 11.9 Å². The number of aromatic nitrogens is 1. The Bertz CT molecular complexity index is 501. The van der Waals surface area contributed by atoms with Crippen LogP contribution in [0.25, 0.3) is 0 Å². The van der Waals surface area contributed by atoms with Gasteiger partial charge in [0.2, 0.25) is 5.91 Å². The van der Waals surface area contributed by atoms with E-state index in [1.165, 1.54) is 17.9 Å². The van der Waals surface area contributed by atoms with Crippen molar-refractivity contribution in [1.29, 1.82) is 0 Å². The molecule has 1 amide bonds. The number of hydrogen-bond donors (Lipinski definition) is 1. The van der Waals surface area contributed by atoms with E-state index in [9.17, 15) is 18.0 Å². The van der Waals surface area contributed by atoms with Crippen LogP contribution < -0.4 is 10.6 Å². The van der Waals surface area contributed by atoms with Gasteiger partial charge in [-0.15, -0.1) is 0 Å². The molecule has 0 bridgehead atoms. The molecule has 1 aliphatic heterocycles. The second-order valence-corrected chi connectivity index (χ2v) is 4.61. The number of anilines is 1. The van der Waals surface area contributed by atoms with Gasteiger partial charge in [0.05, 0.1) is 11.4 Å². The van der Waals surface area contributed by atoms with Gasteiger partial charge in [0.1, 0.15) is 5.69 Å². The summed E-state index contributed by atoms with van der Waals surface area (Å²) in [6.45, 7) is 2.28. The highest BCUT2D eigenvalue weighted by Crippen LogP contribution is 2.32. The lowest BCUT2D eigenvalue weighted by Gasteiger charge is -2.19. The number of hydrogen-bond acceptors (Lipinski definition) is 3. The first kappa shape index (κ1) is 13.8. The zero-order chi connectivity index (χ0) is 14.2. The molecule has 0 saturated carbocycles. The molecule has 1 atom stereocenters. The molecule has 1 aliphatic rings. The summed E-state index contributed by atoms with van der Waals surface area (Å²) >= 11 is 0. The maximum absolute atomic E-state index is 12.5. The number of nitrogens with zero attached hydrogens (tertiary/aromatic N) is 2. The lowest BCUT2D eigenvalue weighted by atomic mass is 10.1. The van der Waals surface area contributed by atoms with Gasteiger partial charge >= 0.3 is 6.18 Å². The van der Waals surface area contributed by atoms with Crippen molar-refractivity contribution >= 4 is 11.6 Å². The van der Waals surface area contributed by atoms with Crippen molar-refractivity contribution in [3.05, 3.63) is 23.5 Å². The molecule has 1 saturated heterocycles. The quantitative estimate of drug-likeness (QED) is 0.892. The fraction of sp³-hybridized carbons (Fsp3) is 0.500. The van der Waals surface area contributed by atoms with E-state index in [4.69, 9.17) is 5.73 Å². The number of halogens is 3. The molecule has 104 valence electrons. The highest BCUT2D eigenvalue weighted by molar-refractivity contribution is 5.96. The fourth-order valence-corrected chi connectivity index (χ4v) is 2.17. The van der Waals surface area contributed by atoms with Crippen LogP contribution in [0.4, 0.5) is 18.9 Å². The molecule has 4 nitrogen and oxygen atoms in total. The first-order valence-electron chi connectivity index (χ1n) is 5.88. The Kier molecular flexibility index (Phi) is 3.49. The molecule has 2 heterocycles. The van der Waals surface area contributed by atoms with Gasteiger partial charge in [-0.3, -0.25) is 4.79 Å². The van der Waals surface area contributed by atoms with Crippen molar-refractivity contribution in [2.75, 3.05) is 18.0 Å². The number of aryl methyl sites for hydroxylation is 1. The summed E-state index contributed by atoms with van der Waals surface area (Å²) < 4.78 is 37.5. The second kappa shape index (κ2) is 4.80. The van der Waals surface area contributed by atoms with E-state index in [1.807, 2.05) is 0 Å². The van der Waals surface area contributed by atoms with Crippen LogP contribution >= 0.6 is 0 Å². The summed E-state index contributed by atoms with van der Waals surface area (Å²) in [7, 11) is 0. The van der Waals surface area contributed by atoms with E-state index in [1.54, 1.807) is 0 Å². The van der Waals surface area contributed by atoms with Gasteiger partial charge in [-0.2, -0.15) is 13.2 Å². The molecule has 1 aromatic heterocycles. The number of carbonyl (C=O) groups is 1. The predicted octanol–water partition coefficient (Wildman–Crippen LogP) is 1.72. The van der Waals surface area contributed by atoms with E-state index in [0.717, 1.165) is 6.07 Å². The molecule has 1 aromatic rings. The Hall–Kier alpha value is -1.63. The van der Waals surface area contributed by atoms with Gasteiger partial charge < -0.3 is 10.6 Å². The SMILES string of the molecule is Cc1nc(C(F)(F)F)ccc1N1CC(CN)CC1=O. The lowest BCUT2D eigenvalue weighted by molar-refractivity contribution is -0.141. The lowest BCUT2D eigenvalue weighted by Crippen LogP contribution is -2.27. The van der Waals surface area contributed by atoms with Crippen LogP contribution in [0.3, 0.4) is 0 Å². The average Bonchev–Trinajstić information content (AvgIpc) is 2.69. The Morgan fingerprint density at radius 1 is 1.47 bits per heavy atom. The van der Waals surface area contributed by atoms with Crippen LogP contribution in [0.15, 0.2) is 12.1 Å². The van der Waals surface area contributed by atoms with Gasteiger partial charge in [-0.05, 0) is 31.5 Å². The van der Waals surface area contributed by atoms with E-state index >= 15 is 0 Å². The van der Waals surface area contributed by atoms with Crippen molar-refractivity contribution in [3.8, 4) is 0 Å². The summed E-state index contributed by atoms with van der Waals surface area (Å²) in [5.74, 6) is -0.0747. The monoisotopic (exact) mass is 273 g/mol. The Balaban J connectivity index is 2.30. The number of carbonyl (C=O) groups excluding carboxylic acids is 1. The van der Waals surface area contributed by atoms with Crippen molar-refractivity contribution < 1.29 is 18.0 Å². The zero-order valence-corrected chi connectivity index (χ0v) is 10.4. The third-order valence-corrected chi connectivity index (χ3v) is 3.18. The fourth-order valence-electron chi connectivity index (χ4n) is 2.17. The highest BCUT2D eigenvalue weighted by atomic mass is 19.4. The molecule has 1 unspecified atom stereocenters. The smallest absolute Gasteiger partial charge is 0.330 e. The minimum atomic E-state index is -4.47. The first-order chi connectivity index (χ1) is 8.82. The van der Waals surface area contributed by atoms with Crippen molar-refractivity contribution in [1.82, 2.24) is 4.98 Å². The number of nitrogens with two attached hydrogens (primary N) is 1. The maximum Gasteiger partial charge on any atom is 0.433 e. The molecule has 0 spiro atoms. The standard InChI is InChI=1S/C12H14F3N3O/c1-7-9(2-3-10(17-7)12(13,14)15)18-6-8(5-16)4-11(18)19/h2-3,8H,4-6,16H2,1H3.